The summed E-state index contributed by atoms with van der Waals surface area (Å²) in [5.74, 6) is 2.16. The first-order valence-corrected chi connectivity index (χ1v) is 7.43. The van der Waals surface area contributed by atoms with Crippen molar-refractivity contribution in [1.82, 2.24) is 0 Å². The van der Waals surface area contributed by atoms with Gasteiger partial charge in [0.05, 0.1) is 0 Å². The number of allylic oxidation sites excluding steroid dienone is 2. The summed E-state index contributed by atoms with van der Waals surface area (Å²) < 4.78 is 0. The van der Waals surface area contributed by atoms with Crippen LogP contribution in [0.4, 0.5) is 0 Å². The molecule has 0 aliphatic heterocycles. The third-order valence-corrected chi connectivity index (χ3v) is 5.49. The third-order valence-electron chi connectivity index (χ3n) is 5.49. The summed E-state index contributed by atoms with van der Waals surface area (Å²) >= 11 is 0. The van der Waals surface area contributed by atoms with E-state index in [4.69, 9.17) is 0 Å². The molecule has 2 saturated carbocycles. The molecule has 0 aromatic rings. The van der Waals surface area contributed by atoms with E-state index < -0.39 is 0 Å². The Balaban J connectivity index is 1.81. The Bertz CT molecular complexity index is 288. The lowest BCUT2D eigenvalue weighted by Gasteiger charge is -2.44. The molecule has 0 saturated heterocycles. The molecule has 3 rings (SSSR count). The van der Waals surface area contributed by atoms with E-state index in [1.54, 1.807) is 12.0 Å². The molecule has 16 heavy (non-hydrogen) atoms. The number of hydrogen-bond donors (Lipinski definition) is 0. The van der Waals surface area contributed by atoms with E-state index in [2.05, 4.69) is 13.0 Å². The number of rotatable bonds is 0. The first kappa shape index (κ1) is 10.9. The quantitative estimate of drug-likeness (QED) is 0.497. The Hall–Kier alpha value is -0.260. The molecular formula is C16H26. The molecular weight excluding hydrogens is 192 g/mol. The monoisotopic (exact) mass is 218 g/mol. The predicted molar refractivity (Wildman–Crippen MR) is 69.3 cm³/mol. The first-order chi connectivity index (χ1) is 7.75. The van der Waals surface area contributed by atoms with Crippen LogP contribution in [0.2, 0.25) is 0 Å². The Morgan fingerprint density at radius 2 is 1.94 bits per heavy atom. The highest BCUT2D eigenvalue weighted by molar-refractivity contribution is 5.12. The lowest BCUT2D eigenvalue weighted by molar-refractivity contribution is 0.115. The first-order valence-electron chi connectivity index (χ1n) is 7.43. The molecule has 0 spiro atoms. The van der Waals surface area contributed by atoms with E-state index in [1.807, 2.05) is 0 Å². The van der Waals surface area contributed by atoms with Gasteiger partial charge in [-0.15, -0.1) is 0 Å². The molecule has 0 aromatic heterocycles. The van der Waals surface area contributed by atoms with Gasteiger partial charge in [-0.2, -0.15) is 0 Å². The lowest BCUT2D eigenvalue weighted by Crippen LogP contribution is -2.31. The fraction of sp³-hybridized carbons (Fsp3) is 0.875. The molecule has 2 bridgehead atoms. The molecule has 0 nitrogen and oxygen atoms in total. The van der Waals surface area contributed by atoms with Crippen molar-refractivity contribution in [1.29, 1.82) is 0 Å². The Morgan fingerprint density at radius 1 is 1.12 bits per heavy atom. The molecule has 0 amide bonds. The second-order valence-electron chi connectivity index (χ2n) is 6.94. The zero-order valence-corrected chi connectivity index (χ0v) is 10.8. The summed E-state index contributed by atoms with van der Waals surface area (Å²) in [6, 6.07) is 0. The maximum absolute atomic E-state index is 2.57. The van der Waals surface area contributed by atoms with Gasteiger partial charge in [0.15, 0.2) is 0 Å². The third kappa shape index (κ3) is 2.08. The van der Waals surface area contributed by atoms with Crippen LogP contribution in [0.25, 0.3) is 0 Å². The fourth-order valence-corrected chi connectivity index (χ4v) is 4.64. The molecule has 0 heteroatoms. The van der Waals surface area contributed by atoms with Gasteiger partial charge in [0.2, 0.25) is 0 Å². The second-order valence-corrected chi connectivity index (χ2v) is 6.94. The second kappa shape index (κ2) is 4.20. The van der Waals surface area contributed by atoms with Gasteiger partial charge in [0, 0.05) is 0 Å². The van der Waals surface area contributed by atoms with Crippen molar-refractivity contribution in [3.63, 3.8) is 0 Å². The molecule has 0 aromatic carbocycles. The predicted octanol–water partition coefficient (Wildman–Crippen LogP) is 5.09. The summed E-state index contributed by atoms with van der Waals surface area (Å²) in [4.78, 5) is 0. The Morgan fingerprint density at radius 3 is 2.81 bits per heavy atom. The van der Waals surface area contributed by atoms with Gasteiger partial charge >= 0.3 is 0 Å². The topological polar surface area (TPSA) is 0 Å². The standard InChI is InChI=1S/C16H26/c1-16-10-4-5-13(11-16)8-9-14-6-2-3-7-15(14)12-16/h5,14-15H,2-4,6-12H2,1H3. The maximum Gasteiger partial charge on any atom is -0.0266 e. The van der Waals surface area contributed by atoms with Crippen molar-refractivity contribution in [2.45, 2.75) is 71.1 Å². The van der Waals surface area contributed by atoms with E-state index in [-0.39, 0.29) is 0 Å². The lowest BCUT2D eigenvalue weighted by atomic mass is 9.62. The molecule has 90 valence electrons. The van der Waals surface area contributed by atoms with E-state index in [9.17, 15) is 0 Å². The number of hydrogen-bond acceptors (Lipinski definition) is 0. The fourth-order valence-electron chi connectivity index (χ4n) is 4.64. The zero-order chi connectivity index (χ0) is 11.0. The van der Waals surface area contributed by atoms with Crippen molar-refractivity contribution in [3.05, 3.63) is 11.6 Å². The van der Waals surface area contributed by atoms with Crippen molar-refractivity contribution in [2.75, 3.05) is 0 Å². The average Bonchev–Trinajstić information content (AvgIpc) is 2.26. The van der Waals surface area contributed by atoms with E-state index in [0.717, 1.165) is 11.8 Å². The summed E-state index contributed by atoms with van der Waals surface area (Å²) in [5.41, 5.74) is 2.47. The van der Waals surface area contributed by atoms with Gasteiger partial charge in [-0.3, -0.25) is 0 Å². The van der Waals surface area contributed by atoms with Crippen molar-refractivity contribution in [2.24, 2.45) is 17.3 Å². The van der Waals surface area contributed by atoms with E-state index in [0.29, 0.717) is 5.41 Å². The van der Waals surface area contributed by atoms with Crippen molar-refractivity contribution >= 4 is 0 Å². The van der Waals surface area contributed by atoms with Crippen LogP contribution in [0.15, 0.2) is 11.6 Å². The summed E-state index contributed by atoms with van der Waals surface area (Å²) in [7, 11) is 0. The highest BCUT2D eigenvalue weighted by atomic mass is 14.4. The van der Waals surface area contributed by atoms with Crippen LogP contribution in [0, 0.1) is 17.3 Å². The van der Waals surface area contributed by atoms with Gasteiger partial charge in [-0.1, -0.05) is 44.3 Å². The van der Waals surface area contributed by atoms with Crippen LogP contribution in [0.3, 0.4) is 0 Å². The summed E-state index contributed by atoms with van der Waals surface area (Å²) in [6.45, 7) is 2.57. The van der Waals surface area contributed by atoms with Crippen LogP contribution >= 0.6 is 0 Å². The van der Waals surface area contributed by atoms with Crippen LogP contribution in [-0.2, 0) is 0 Å². The van der Waals surface area contributed by atoms with Crippen LogP contribution in [-0.4, -0.2) is 0 Å². The minimum absolute atomic E-state index is 0.671. The Labute approximate surface area is 101 Å². The molecule has 3 unspecified atom stereocenters. The molecule has 3 atom stereocenters. The highest BCUT2D eigenvalue weighted by Crippen LogP contribution is 2.49. The van der Waals surface area contributed by atoms with Gasteiger partial charge in [0.1, 0.15) is 0 Å². The molecule has 0 N–H and O–H groups in total. The minimum atomic E-state index is 0.671. The largest absolute Gasteiger partial charge is 0.0853 e. The maximum atomic E-state index is 2.57. The van der Waals surface area contributed by atoms with Crippen LogP contribution in [0.5, 0.6) is 0 Å². The highest BCUT2D eigenvalue weighted by Gasteiger charge is 2.36. The molecule has 3 aliphatic carbocycles. The smallest absolute Gasteiger partial charge is 0.0266 e. The zero-order valence-electron chi connectivity index (χ0n) is 10.8. The Kier molecular flexibility index (Phi) is 2.85. The normalized spacial score (nSPS) is 43.9. The van der Waals surface area contributed by atoms with Crippen LogP contribution in [0.1, 0.15) is 71.1 Å². The van der Waals surface area contributed by atoms with Gasteiger partial charge in [-0.25, -0.2) is 0 Å². The average molecular weight is 218 g/mol. The summed E-state index contributed by atoms with van der Waals surface area (Å²) in [6.07, 6.45) is 17.4. The van der Waals surface area contributed by atoms with Crippen molar-refractivity contribution < 1.29 is 0 Å². The van der Waals surface area contributed by atoms with Gasteiger partial charge in [0.25, 0.3) is 0 Å². The van der Waals surface area contributed by atoms with Crippen molar-refractivity contribution in [3.8, 4) is 0 Å². The SMILES string of the molecule is CC12CCC=C(CCC3CCCCC3C1)C2. The number of fused-ring (bicyclic) bond motifs is 3. The molecule has 0 heterocycles. The molecule has 2 fully saturated rings. The molecule has 0 radical (unpaired) electrons. The van der Waals surface area contributed by atoms with Gasteiger partial charge < -0.3 is 0 Å². The van der Waals surface area contributed by atoms with Gasteiger partial charge in [-0.05, 0) is 55.8 Å². The molecule has 3 aliphatic rings. The minimum Gasteiger partial charge on any atom is -0.0853 e. The van der Waals surface area contributed by atoms with E-state index >= 15 is 0 Å². The van der Waals surface area contributed by atoms with E-state index in [1.165, 1.54) is 57.8 Å². The summed E-state index contributed by atoms with van der Waals surface area (Å²) in [5, 5.41) is 0. The van der Waals surface area contributed by atoms with Crippen LogP contribution < -0.4 is 0 Å².